The highest BCUT2D eigenvalue weighted by Crippen LogP contribution is 2.63. The smallest absolute Gasteiger partial charge is 0.309 e. The number of carboxylic acids is 1. The summed E-state index contributed by atoms with van der Waals surface area (Å²) in [4.78, 5) is 39.6. The number of anilines is 1. The maximum atomic E-state index is 15.9. The third-order valence-corrected chi connectivity index (χ3v) is 14.4. The zero-order valence-corrected chi connectivity index (χ0v) is 34.5. The number of imidazole rings is 1. The molecule has 3 aliphatic carbocycles. The molecule has 2 aromatic carbocycles. The largest absolute Gasteiger partial charge is 0.481 e. The Morgan fingerprint density at radius 3 is 2.45 bits per heavy atom. The Labute approximate surface area is 348 Å². The number of hydrogen-bond donors (Lipinski definition) is 3. The number of hydrogen-bond acceptors (Lipinski definition) is 7. The molecule has 0 spiro atoms. The molecule has 4 heterocycles. The molecule has 5 aliphatic rings. The van der Waals surface area contributed by atoms with Crippen molar-refractivity contribution in [2.24, 2.45) is 17.9 Å². The second kappa shape index (κ2) is 14.9. The number of β-amino-alcohol motifs (C(OH)–C–C–N with tert-alkyl or cyclic N) is 1. The van der Waals surface area contributed by atoms with Crippen molar-refractivity contribution in [3.63, 3.8) is 0 Å². The molecule has 10 nitrogen and oxygen atoms in total. The summed E-state index contributed by atoms with van der Waals surface area (Å²) < 4.78 is 17.8. The van der Waals surface area contributed by atoms with Gasteiger partial charge in [-0.1, -0.05) is 53.5 Å². The minimum atomic E-state index is -0.660. The fourth-order valence-electron chi connectivity index (χ4n) is 10.2. The molecular weight excluding hydrogens is 778 g/mol. The second-order valence-corrected chi connectivity index (χ2v) is 18.7. The predicted molar refractivity (Wildman–Crippen MR) is 223 cm³/mol. The Balaban J connectivity index is 0.883. The molecule has 3 N–H and O–H groups in total. The first kappa shape index (κ1) is 39.3. The van der Waals surface area contributed by atoms with Gasteiger partial charge in [-0.3, -0.25) is 24.4 Å². The van der Waals surface area contributed by atoms with E-state index in [9.17, 15) is 19.8 Å². The highest BCUT2D eigenvalue weighted by Gasteiger charge is 2.57. The summed E-state index contributed by atoms with van der Waals surface area (Å²) in [6, 6.07) is 12.5. The molecule has 1 amide bonds. The van der Waals surface area contributed by atoms with Crippen molar-refractivity contribution in [3.8, 4) is 11.1 Å². The monoisotopic (exact) mass is 826 g/mol. The average molecular weight is 828 g/mol. The maximum Gasteiger partial charge on any atom is 0.309 e. The summed E-state index contributed by atoms with van der Waals surface area (Å²) in [5.74, 6) is -0.819. The van der Waals surface area contributed by atoms with E-state index in [1.165, 1.54) is 6.08 Å². The topological polar surface area (TPSA) is 124 Å². The number of carboxylic acid groups (broad SMARTS) is 1. The lowest BCUT2D eigenvalue weighted by Gasteiger charge is -2.44. The number of benzene rings is 2. The third kappa shape index (κ3) is 7.38. The Morgan fingerprint density at radius 1 is 1.03 bits per heavy atom. The van der Waals surface area contributed by atoms with Gasteiger partial charge >= 0.3 is 5.97 Å². The van der Waals surface area contributed by atoms with Crippen molar-refractivity contribution in [2.75, 3.05) is 31.5 Å². The summed E-state index contributed by atoms with van der Waals surface area (Å²) in [5, 5.41) is 23.6. The average Bonchev–Trinajstić information content (AvgIpc) is 3.75. The number of fused-ring (bicyclic) bond motifs is 3. The normalized spacial score (nSPS) is 24.1. The molecule has 2 aliphatic heterocycles. The van der Waals surface area contributed by atoms with Crippen LogP contribution in [0.25, 0.3) is 23.0 Å². The van der Waals surface area contributed by atoms with Gasteiger partial charge in [-0.15, -0.1) is 0 Å². The Morgan fingerprint density at radius 2 is 1.76 bits per heavy atom. The van der Waals surface area contributed by atoms with Gasteiger partial charge in [-0.25, -0.2) is 9.37 Å². The molecule has 13 heteroatoms. The van der Waals surface area contributed by atoms with Gasteiger partial charge in [0.2, 0.25) is 0 Å². The maximum absolute atomic E-state index is 15.9. The number of aromatic nitrogens is 3. The number of nitrogens with zero attached hydrogens (tertiary/aromatic N) is 5. The Bertz CT molecular complexity index is 2340. The van der Waals surface area contributed by atoms with Crippen LogP contribution in [-0.4, -0.2) is 78.2 Å². The van der Waals surface area contributed by atoms with E-state index >= 15 is 4.39 Å². The number of aliphatic hydroxyl groups is 1. The fraction of sp³-hybridized carbons (Fsp3) is 0.467. The number of carbonyl (C=O) groups is 2. The molecule has 0 atom stereocenters. The van der Waals surface area contributed by atoms with Crippen LogP contribution < -0.4 is 5.32 Å². The van der Waals surface area contributed by atoms with Crippen LogP contribution in [0.5, 0.6) is 0 Å². The van der Waals surface area contributed by atoms with Gasteiger partial charge < -0.3 is 20.1 Å². The summed E-state index contributed by atoms with van der Waals surface area (Å²) in [7, 11) is 1.87. The molecule has 1 saturated heterocycles. The lowest BCUT2D eigenvalue weighted by atomic mass is 9.80. The summed E-state index contributed by atoms with van der Waals surface area (Å²) in [6.07, 6.45) is 11.4. The van der Waals surface area contributed by atoms with E-state index in [0.29, 0.717) is 70.3 Å². The van der Waals surface area contributed by atoms with Crippen molar-refractivity contribution >= 4 is 52.7 Å². The van der Waals surface area contributed by atoms with E-state index in [4.69, 9.17) is 28.2 Å². The molecule has 0 radical (unpaired) electrons. The zero-order valence-electron chi connectivity index (χ0n) is 33.0. The first-order valence-electron chi connectivity index (χ1n) is 20.4. The van der Waals surface area contributed by atoms with E-state index in [1.807, 2.05) is 36.7 Å². The number of amides is 1. The molecule has 58 heavy (non-hydrogen) atoms. The van der Waals surface area contributed by atoms with Crippen LogP contribution in [0, 0.1) is 10.8 Å². The Hall–Kier alpha value is -4.13. The van der Waals surface area contributed by atoms with Crippen LogP contribution in [0.2, 0.25) is 10.0 Å². The van der Waals surface area contributed by atoms with E-state index in [-0.39, 0.29) is 17.0 Å². The number of likely N-dealkylation sites (tertiary alicyclic amines) is 1. The van der Waals surface area contributed by atoms with Crippen molar-refractivity contribution < 1.29 is 24.2 Å². The van der Waals surface area contributed by atoms with Crippen molar-refractivity contribution in [1.82, 2.24) is 24.3 Å². The number of nitrogens with one attached hydrogen (secondary N) is 1. The van der Waals surface area contributed by atoms with Gasteiger partial charge in [0.25, 0.3) is 5.91 Å². The molecule has 9 rings (SSSR count). The van der Waals surface area contributed by atoms with Crippen molar-refractivity contribution in [2.45, 2.75) is 89.3 Å². The summed E-state index contributed by atoms with van der Waals surface area (Å²) in [6.45, 7) is 6.11. The molecule has 4 aromatic rings. The molecule has 304 valence electrons. The first-order valence-corrected chi connectivity index (χ1v) is 21.2. The van der Waals surface area contributed by atoms with E-state index in [2.05, 4.69) is 20.1 Å². The van der Waals surface area contributed by atoms with Crippen LogP contribution in [-0.2, 0) is 31.4 Å². The number of pyridine rings is 1. The van der Waals surface area contributed by atoms with Gasteiger partial charge in [-0.2, -0.15) is 0 Å². The summed E-state index contributed by atoms with van der Waals surface area (Å²) in [5.41, 5.74) is 5.35. The van der Waals surface area contributed by atoms with Gasteiger partial charge in [0, 0.05) is 69.2 Å². The third-order valence-electron chi connectivity index (χ3n) is 13.6. The van der Waals surface area contributed by atoms with Gasteiger partial charge in [0.15, 0.2) is 5.82 Å². The Kier molecular flexibility index (Phi) is 10.1. The molecule has 2 bridgehead atoms. The van der Waals surface area contributed by atoms with Crippen molar-refractivity contribution in [1.29, 1.82) is 0 Å². The number of halogens is 3. The van der Waals surface area contributed by atoms with Gasteiger partial charge in [-0.05, 0) is 111 Å². The zero-order chi connectivity index (χ0) is 40.6. The first-order chi connectivity index (χ1) is 27.7. The second-order valence-electron chi connectivity index (χ2n) is 17.9. The van der Waals surface area contributed by atoms with Gasteiger partial charge in [0.1, 0.15) is 5.83 Å². The minimum Gasteiger partial charge on any atom is -0.481 e. The van der Waals surface area contributed by atoms with Gasteiger partial charge in [0.05, 0.1) is 38.1 Å². The standard InChI is InChI=1S/C45H49Cl2FN6O4/c1-43(58)25-54(26-43)22-29-21-49-35(20-32(29)27-9-10-27)33(48)19-28-5-3-6-30(38(28)46)31-7-4-8-34(39(31)47)51-41(55)40-50-36-23-53(17-11-37(36)52(40)2)18-16-44-12-14-45(24-44,15-13-44)42(56)57/h3-8,19-21,27,58H,9-18,22-26H2,1-2H3,(H,51,55)(H,56,57)/b33-19-. The number of aliphatic carboxylic acids is 1. The highest BCUT2D eigenvalue weighted by molar-refractivity contribution is 6.39. The van der Waals surface area contributed by atoms with E-state index < -0.39 is 22.8 Å². The quantitative estimate of drug-likeness (QED) is 0.130. The predicted octanol–water partition coefficient (Wildman–Crippen LogP) is 8.74. The number of carbonyl (C=O) groups excluding carboxylic acids is 1. The van der Waals surface area contributed by atoms with Crippen LogP contribution in [0.4, 0.5) is 10.1 Å². The molecule has 0 unspecified atom stereocenters. The van der Waals surface area contributed by atoms with Crippen LogP contribution in [0.15, 0.2) is 48.7 Å². The minimum absolute atomic E-state index is 0.129. The van der Waals surface area contributed by atoms with E-state index in [0.717, 1.165) is 93.4 Å². The summed E-state index contributed by atoms with van der Waals surface area (Å²) >= 11 is 13.9. The van der Waals surface area contributed by atoms with Crippen LogP contribution >= 0.6 is 23.2 Å². The van der Waals surface area contributed by atoms with Crippen LogP contribution in [0.3, 0.4) is 0 Å². The van der Waals surface area contributed by atoms with Crippen LogP contribution in [0.1, 0.15) is 109 Å². The van der Waals surface area contributed by atoms with E-state index in [1.54, 1.807) is 30.5 Å². The highest BCUT2D eigenvalue weighted by atomic mass is 35.5. The lowest BCUT2D eigenvalue weighted by molar-refractivity contribution is -0.148. The SMILES string of the molecule is Cn1c(C(=O)Nc2cccc(-c3cccc(/C=C(\F)c4cc(C5CC5)c(CN5CC(C)(O)C5)cn4)c3Cl)c2Cl)nc2c1CCN(CCC13CCC(C(=O)O)(CC1)C3)C2. The molecule has 3 saturated carbocycles. The van der Waals surface area contributed by atoms with Crippen molar-refractivity contribution in [3.05, 3.63) is 98.3 Å². The molecular formula is C45H49Cl2FN6O4. The lowest BCUT2D eigenvalue weighted by Crippen LogP contribution is -2.59. The fourth-order valence-corrected chi connectivity index (χ4v) is 10.8. The molecule has 2 aromatic heterocycles. The molecule has 4 fully saturated rings. The number of rotatable bonds is 12.